The van der Waals surface area contributed by atoms with Crippen LogP contribution < -0.4 is 16.2 Å². The molecular weight excluding hydrogens is 175 g/mol. The summed E-state index contributed by atoms with van der Waals surface area (Å²) in [5.74, 6) is 0.999. The summed E-state index contributed by atoms with van der Waals surface area (Å²) >= 11 is 0.158. The van der Waals surface area contributed by atoms with Gasteiger partial charge in [-0.3, -0.25) is 0 Å². The van der Waals surface area contributed by atoms with Crippen molar-refractivity contribution in [3.05, 3.63) is 30.3 Å². The van der Waals surface area contributed by atoms with Gasteiger partial charge in [-0.2, -0.15) is 0 Å². The van der Waals surface area contributed by atoms with E-state index in [-0.39, 0.29) is 28.0 Å². The molecule has 0 unspecified atom stereocenters. The Morgan fingerprint density at radius 1 is 1.27 bits per heavy atom. The molecule has 0 aliphatic heterocycles. The molecule has 0 fully saturated rings. The van der Waals surface area contributed by atoms with Gasteiger partial charge in [0.05, 0.1) is 0 Å². The first-order valence-corrected chi connectivity index (χ1v) is 4.75. The van der Waals surface area contributed by atoms with Crippen molar-refractivity contribution < 1.29 is 16.2 Å². The summed E-state index contributed by atoms with van der Waals surface area (Å²) < 4.78 is 5.44. The van der Waals surface area contributed by atoms with Crippen LogP contribution in [-0.2, 0) is 0 Å². The first kappa shape index (κ1) is 10.8. The third-order valence-corrected chi connectivity index (χ3v) is 1.90. The van der Waals surface area contributed by atoms with Crippen LogP contribution in [0.2, 0.25) is 5.28 Å². The molecule has 0 radical (unpaired) electrons. The number of rotatable bonds is 3. The van der Waals surface area contributed by atoms with Crippen LogP contribution in [0.3, 0.4) is 0 Å². The van der Waals surface area contributed by atoms with E-state index < -0.39 is 0 Å². The molecule has 0 saturated heterocycles. The smallest absolute Gasteiger partial charge is 1.00 e. The molecule has 1 aromatic carbocycles. The molecule has 0 N–H and O–H groups in total. The predicted molar refractivity (Wildman–Crippen MR) is 43.3 cm³/mol. The minimum absolute atomic E-state index is 0. The van der Waals surface area contributed by atoms with Crippen molar-refractivity contribution in [1.29, 1.82) is 0 Å². The van der Waals surface area contributed by atoms with Crippen molar-refractivity contribution in [2.75, 3.05) is 0 Å². The number of benzene rings is 1. The summed E-state index contributed by atoms with van der Waals surface area (Å²) in [7, 11) is 0. The van der Waals surface area contributed by atoms with Crippen molar-refractivity contribution in [2.45, 2.75) is 12.2 Å². The Labute approximate surface area is 80.2 Å². The number of hydrogen-bond donors (Lipinski definition) is 0. The van der Waals surface area contributed by atoms with Gasteiger partial charge in [0, 0.05) is 0 Å². The van der Waals surface area contributed by atoms with Crippen LogP contribution >= 0.6 is 0 Å². The second-order valence-corrected chi connectivity index (χ2v) is 3.39. The van der Waals surface area contributed by atoms with Gasteiger partial charge < -0.3 is 12.4 Å². The third kappa shape index (κ3) is 4.32. The Hall–Kier alpha value is -0.158. The summed E-state index contributed by atoms with van der Waals surface area (Å²) in [6.07, 6.45) is 0. The van der Waals surface area contributed by atoms with Crippen LogP contribution in [0, 0.1) is 0 Å². The van der Waals surface area contributed by atoms with E-state index in [2.05, 4.69) is 6.92 Å². The molecule has 1 aromatic rings. The Morgan fingerprint density at radius 3 is 2.45 bits per heavy atom. The zero-order valence-electron chi connectivity index (χ0n) is 6.46. The minimum Gasteiger partial charge on any atom is -1.00 e. The van der Waals surface area contributed by atoms with E-state index in [1.165, 1.54) is 0 Å². The number of hydrogen-bond acceptors (Lipinski definition) is 1. The average molecular weight is 185 g/mol. The molecule has 0 aliphatic rings. The quantitative estimate of drug-likeness (QED) is 0.555. The first-order chi connectivity index (χ1) is 4.93. The molecule has 1 rings (SSSR count). The Bertz CT molecular complexity index is 179. The SMILES string of the molecule is C[CH2][Al+][O]c1ccccc1.[Cl-]. The second-order valence-electron chi connectivity index (χ2n) is 2.01. The topological polar surface area (TPSA) is 9.23 Å². The van der Waals surface area contributed by atoms with E-state index in [0.29, 0.717) is 0 Å². The normalized spacial score (nSPS) is 7.73. The Balaban J connectivity index is 0.000001000. The molecule has 0 heterocycles. The molecule has 0 bridgehead atoms. The second kappa shape index (κ2) is 6.55. The third-order valence-electron chi connectivity index (χ3n) is 1.13. The van der Waals surface area contributed by atoms with Crippen LogP contribution in [-0.4, -0.2) is 15.6 Å². The minimum atomic E-state index is 0. The van der Waals surface area contributed by atoms with Crippen molar-refractivity contribution >= 4 is 15.6 Å². The van der Waals surface area contributed by atoms with Crippen molar-refractivity contribution in [3.63, 3.8) is 0 Å². The van der Waals surface area contributed by atoms with E-state index >= 15 is 0 Å². The molecular formula is C8H10AlClO. The molecule has 11 heavy (non-hydrogen) atoms. The predicted octanol–water partition coefficient (Wildman–Crippen LogP) is -0.873. The molecule has 0 saturated carbocycles. The standard InChI is InChI=1S/C6H6O.C2H5.Al.ClH/c7-6-4-2-1-3-5-6;1-2;;/h1-5,7H;1H2,2H3;;1H/q;;+2;/p-2. The van der Waals surface area contributed by atoms with Gasteiger partial charge >= 0.3 is 67.6 Å². The van der Waals surface area contributed by atoms with Crippen molar-refractivity contribution in [2.24, 2.45) is 0 Å². The van der Waals surface area contributed by atoms with E-state index in [1.54, 1.807) is 0 Å². The zero-order chi connectivity index (χ0) is 7.23. The van der Waals surface area contributed by atoms with Crippen LogP contribution in [0.4, 0.5) is 0 Å². The molecule has 0 amide bonds. The van der Waals surface area contributed by atoms with Gasteiger partial charge in [0.2, 0.25) is 0 Å². The number of para-hydroxylation sites is 1. The van der Waals surface area contributed by atoms with E-state index in [4.69, 9.17) is 3.79 Å². The zero-order valence-corrected chi connectivity index (χ0v) is 8.37. The molecule has 0 atom stereocenters. The maximum atomic E-state index is 5.44. The van der Waals surface area contributed by atoms with Gasteiger partial charge in [0.25, 0.3) is 0 Å². The van der Waals surface area contributed by atoms with E-state index in [9.17, 15) is 0 Å². The molecule has 1 nitrogen and oxygen atoms in total. The van der Waals surface area contributed by atoms with Gasteiger partial charge in [-0.15, -0.1) is 0 Å². The average Bonchev–Trinajstić information content (AvgIpc) is 2.03. The van der Waals surface area contributed by atoms with Crippen molar-refractivity contribution in [1.82, 2.24) is 0 Å². The van der Waals surface area contributed by atoms with Crippen molar-refractivity contribution in [3.8, 4) is 5.75 Å². The van der Waals surface area contributed by atoms with Gasteiger partial charge in [0.15, 0.2) is 0 Å². The number of halogens is 1. The molecule has 3 heteroatoms. The summed E-state index contributed by atoms with van der Waals surface area (Å²) in [4.78, 5) is 0. The summed E-state index contributed by atoms with van der Waals surface area (Å²) in [5, 5.41) is 1.15. The van der Waals surface area contributed by atoms with E-state index in [0.717, 1.165) is 11.0 Å². The van der Waals surface area contributed by atoms with E-state index in [1.807, 2.05) is 30.3 Å². The van der Waals surface area contributed by atoms with Gasteiger partial charge in [-0.25, -0.2) is 0 Å². The fourth-order valence-electron chi connectivity index (χ4n) is 0.679. The Morgan fingerprint density at radius 2 is 1.91 bits per heavy atom. The monoisotopic (exact) mass is 184 g/mol. The Kier molecular flexibility index (Phi) is 6.45. The van der Waals surface area contributed by atoms with Gasteiger partial charge in [0.1, 0.15) is 0 Å². The molecule has 0 aromatic heterocycles. The largest absolute Gasteiger partial charge is 1.00 e. The first-order valence-electron chi connectivity index (χ1n) is 3.47. The maximum absolute atomic E-state index is 5.44. The molecule has 58 valence electrons. The summed E-state index contributed by atoms with van der Waals surface area (Å²) in [6.45, 7) is 2.14. The fraction of sp³-hybridized carbons (Fsp3) is 0.250. The van der Waals surface area contributed by atoms with Crippen LogP contribution in [0.15, 0.2) is 30.3 Å². The van der Waals surface area contributed by atoms with Gasteiger partial charge in [-0.05, 0) is 0 Å². The van der Waals surface area contributed by atoms with Gasteiger partial charge in [-0.1, -0.05) is 0 Å². The molecule has 0 spiro atoms. The van der Waals surface area contributed by atoms with Crippen LogP contribution in [0.25, 0.3) is 0 Å². The summed E-state index contributed by atoms with van der Waals surface area (Å²) in [5.41, 5.74) is 0. The molecule has 0 aliphatic carbocycles. The van der Waals surface area contributed by atoms with Crippen LogP contribution in [0.5, 0.6) is 5.75 Å². The maximum Gasteiger partial charge on any atom is -1.00 e. The van der Waals surface area contributed by atoms with Crippen LogP contribution in [0.1, 0.15) is 6.92 Å². The fourth-order valence-corrected chi connectivity index (χ4v) is 1.19. The summed E-state index contributed by atoms with van der Waals surface area (Å²) in [6, 6.07) is 9.95.